The Morgan fingerprint density at radius 1 is 0.875 bits per heavy atom. The highest BCUT2D eigenvalue weighted by Gasteiger charge is 2.15. The predicted molar refractivity (Wildman–Crippen MR) is 84.9 cm³/mol. The molecule has 0 fully saturated rings. The van der Waals surface area contributed by atoms with E-state index in [9.17, 15) is 26.9 Å². The molecule has 128 valence electrons. The van der Waals surface area contributed by atoms with Crippen LogP contribution < -0.4 is 15.4 Å². The molecule has 10 nitrogen and oxygen atoms in total. The summed E-state index contributed by atoms with van der Waals surface area (Å²) in [5.41, 5.74) is 2.43. The molecule has 0 atom stereocenters. The number of hydrazine groups is 1. The van der Waals surface area contributed by atoms with Crippen LogP contribution in [0.1, 0.15) is 0 Å². The molecule has 0 aromatic heterocycles. The Balaban J connectivity index is 2.11. The largest absolute Gasteiger partial charge is 0.308 e. The van der Waals surface area contributed by atoms with E-state index in [1.807, 2.05) is 0 Å². The number of nitro groups is 1. The second-order valence-corrected chi connectivity index (χ2v) is 7.79. The van der Waals surface area contributed by atoms with Gasteiger partial charge < -0.3 is 5.43 Å². The maximum Gasteiger partial charge on any atom is 0.269 e. The number of rotatable bonds is 6. The molecule has 12 heteroatoms. The fraction of sp³-hybridized carbons (Fsp3) is 0. The van der Waals surface area contributed by atoms with Gasteiger partial charge in [-0.15, -0.1) is 4.83 Å². The fourth-order valence-electron chi connectivity index (χ4n) is 1.66. The van der Waals surface area contributed by atoms with E-state index < -0.39 is 25.0 Å². The Bertz CT molecular complexity index is 954. The van der Waals surface area contributed by atoms with Crippen LogP contribution in [0.2, 0.25) is 0 Å². The Labute approximate surface area is 137 Å². The number of nitro benzene ring substituents is 1. The number of nitrogens with two attached hydrogens (primary N) is 1. The molecule has 0 aliphatic heterocycles. The van der Waals surface area contributed by atoms with Crippen molar-refractivity contribution < 1.29 is 21.8 Å². The van der Waals surface area contributed by atoms with Gasteiger partial charge in [0.2, 0.25) is 10.0 Å². The molecule has 4 N–H and O–H groups in total. The van der Waals surface area contributed by atoms with Crippen molar-refractivity contribution in [2.24, 2.45) is 5.14 Å². The summed E-state index contributed by atoms with van der Waals surface area (Å²) in [6, 6.07) is 9.36. The molecule has 0 radical (unpaired) electrons. The van der Waals surface area contributed by atoms with Crippen LogP contribution in [0.25, 0.3) is 0 Å². The topological polar surface area (TPSA) is 162 Å². The highest BCUT2D eigenvalue weighted by atomic mass is 32.2. The van der Waals surface area contributed by atoms with E-state index in [0.29, 0.717) is 0 Å². The smallest absolute Gasteiger partial charge is 0.269 e. The number of nitrogens with one attached hydrogen (secondary N) is 2. The molecule has 0 aliphatic rings. The van der Waals surface area contributed by atoms with E-state index in [1.54, 1.807) is 0 Å². The van der Waals surface area contributed by atoms with E-state index >= 15 is 0 Å². The molecule has 2 aromatic carbocycles. The maximum absolute atomic E-state index is 12.1. The van der Waals surface area contributed by atoms with Crippen LogP contribution in [-0.2, 0) is 20.0 Å². The minimum atomic E-state index is -3.97. The molecule has 0 saturated carbocycles. The molecule has 0 heterocycles. The van der Waals surface area contributed by atoms with Crippen LogP contribution in [0, 0.1) is 10.1 Å². The molecular formula is C12H12N4O6S2. The summed E-state index contributed by atoms with van der Waals surface area (Å²) in [5, 5.41) is 15.5. The molecule has 2 aromatic rings. The lowest BCUT2D eigenvalue weighted by Crippen LogP contribution is -2.29. The molecule has 0 unspecified atom stereocenters. The Kier molecular flexibility index (Phi) is 4.84. The Hall–Kier alpha value is -2.54. The maximum atomic E-state index is 12.1. The number of hydrogen-bond acceptors (Lipinski definition) is 7. The van der Waals surface area contributed by atoms with E-state index in [1.165, 1.54) is 24.3 Å². The number of hydrogen-bond donors (Lipinski definition) is 3. The van der Waals surface area contributed by atoms with Gasteiger partial charge in [0.1, 0.15) is 0 Å². The van der Waals surface area contributed by atoms with Crippen LogP contribution >= 0.6 is 0 Å². The van der Waals surface area contributed by atoms with Crippen molar-refractivity contribution >= 4 is 31.4 Å². The first-order valence-electron chi connectivity index (χ1n) is 6.25. The zero-order chi connectivity index (χ0) is 18.0. The van der Waals surface area contributed by atoms with Crippen molar-refractivity contribution in [2.75, 3.05) is 5.43 Å². The normalized spacial score (nSPS) is 11.9. The number of nitrogens with zero attached hydrogens (tertiary/aromatic N) is 1. The van der Waals surface area contributed by atoms with Gasteiger partial charge in [0.25, 0.3) is 15.7 Å². The molecule has 0 bridgehead atoms. The van der Waals surface area contributed by atoms with Crippen molar-refractivity contribution in [1.82, 2.24) is 4.83 Å². The van der Waals surface area contributed by atoms with Crippen molar-refractivity contribution in [2.45, 2.75) is 9.79 Å². The third-order valence-corrected chi connectivity index (χ3v) is 5.06. The first-order chi connectivity index (χ1) is 11.1. The summed E-state index contributed by atoms with van der Waals surface area (Å²) in [6.45, 7) is 0. The van der Waals surface area contributed by atoms with Crippen LogP contribution in [0.4, 0.5) is 11.4 Å². The van der Waals surface area contributed by atoms with E-state index in [2.05, 4.69) is 10.3 Å². The average molecular weight is 372 g/mol. The minimum Gasteiger partial charge on any atom is -0.308 e. The summed E-state index contributed by atoms with van der Waals surface area (Å²) in [5.74, 6) is 0. The first kappa shape index (κ1) is 17.8. The van der Waals surface area contributed by atoms with Gasteiger partial charge in [0, 0.05) is 17.8 Å². The zero-order valence-corrected chi connectivity index (χ0v) is 13.5. The van der Waals surface area contributed by atoms with Gasteiger partial charge in [-0.05, 0) is 36.4 Å². The number of benzene rings is 2. The molecule has 0 saturated heterocycles. The number of sulfonamides is 2. The molecule has 0 amide bonds. The third-order valence-electron chi connectivity index (χ3n) is 2.87. The van der Waals surface area contributed by atoms with Crippen LogP contribution in [-0.4, -0.2) is 21.8 Å². The second-order valence-electron chi connectivity index (χ2n) is 4.55. The Morgan fingerprint density at radius 3 is 1.83 bits per heavy atom. The summed E-state index contributed by atoms with van der Waals surface area (Å²) in [7, 11) is -7.80. The Morgan fingerprint density at radius 2 is 1.38 bits per heavy atom. The van der Waals surface area contributed by atoms with Gasteiger partial charge in [0.15, 0.2) is 0 Å². The molecule has 0 aliphatic carbocycles. The average Bonchev–Trinajstić information content (AvgIpc) is 2.52. The number of anilines is 1. The van der Waals surface area contributed by atoms with Crippen molar-refractivity contribution in [3.8, 4) is 0 Å². The molecule has 24 heavy (non-hydrogen) atoms. The molecular weight excluding hydrogens is 360 g/mol. The number of non-ortho nitro benzene ring substituents is 1. The van der Waals surface area contributed by atoms with E-state index in [4.69, 9.17) is 5.14 Å². The van der Waals surface area contributed by atoms with Gasteiger partial charge in [-0.25, -0.2) is 22.0 Å². The second kappa shape index (κ2) is 6.52. The van der Waals surface area contributed by atoms with Crippen LogP contribution in [0.3, 0.4) is 0 Å². The SMILES string of the molecule is NS(=O)(=O)c1ccc(NNS(=O)(=O)c2ccc([N+](=O)[O-])cc2)cc1. The molecule has 2 rings (SSSR count). The highest BCUT2D eigenvalue weighted by molar-refractivity contribution is 7.89. The van der Waals surface area contributed by atoms with Gasteiger partial charge in [-0.3, -0.25) is 10.1 Å². The number of primary sulfonamides is 1. The van der Waals surface area contributed by atoms with Crippen LogP contribution in [0.15, 0.2) is 58.3 Å². The summed E-state index contributed by atoms with van der Waals surface area (Å²) >= 11 is 0. The van der Waals surface area contributed by atoms with Gasteiger partial charge in [-0.2, -0.15) is 0 Å². The van der Waals surface area contributed by atoms with Gasteiger partial charge in [-0.1, -0.05) is 0 Å². The van der Waals surface area contributed by atoms with Crippen molar-refractivity contribution in [3.05, 3.63) is 58.6 Å². The summed E-state index contributed by atoms with van der Waals surface area (Å²) < 4.78 is 46.3. The van der Waals surface area contributed by atoms with E-state index in [0.717, 1.165) is 24.3 Å². The lowest BCUT2D eigenvalue weighted by molar-refractivity contribution is -0.384. The zero-order valence-electron chi connectivity index (χ0n) is 11.9. The van der Waals surface area contributed by atoms with E-state index in [-0.39, 0.29) is 21.2 Å². The first-order valence-corrected chi connectivity index (χ1v) is 9.28. The molecule has 0 spiro atoms. The summed E-state index contributed by atoms with van der Waals surface area (Å²) in [4.78, 5) is 11.7. The van der Waals surface area contributed by atoms with Gasteiger partial charge >= 0.3 is 0 Å². The predicted octanol–water partition coefficient (Wildman–Crippen LogP) is 0.548. The summed E-state index contributed by atoms with van der Waals surface area (Å²) in [6.07, 6.45) is 0. The monoisotopic (exact) mass is 372 g/mol. The highest BCUT2D eigenvalue weighted by Crippen LogP contribution is 2.16. The van der Waals surface area contributed by atoms with Gasteiger partial charge in [0.05, 0.1) is 14.7 Å². The van der Waals surface area contributed by atoms with Crippen LogP contribution in [0.5, 0.6) is 0 Å². The quantitative estimate of drug-likeness (QED) is 0.492. The lowest BCUT2D eigenvalue weighted by atomic mass is 10.3. The minimum absolute atomic E-state index is 0.119. The van der Waals surface area contributed by atoms with Crippen molar-refractivity contribution in [3.63, 3.8) is 0 Å². The third kappa shape index (κ3) is 4.26. The fourth-order valence-corrected chi connectivity index (χ4v) is 3.04. The van der Waals surface area contributed by atoms with Crippen molar-refractivity contribution in [1.29, 1.82) is 0 Å². The lowest BCUT2D eigenvalue weighted by Gasteiger charge is -2.09. The standard InChI is InChI=1S/C12H12N4O6S2/c13-23(19,20)11-5-1-9(2-6-11)14-15-24(21,22)12-7-3-10(4-8-12)16(17)18/h1-8,14-15H,(H2,13,19,20).